The predicted molar refractivity (Wildman–Crippen MR) is 110 cm³/mol. The second-order valence-corrected chi connectivity index (χ2v) is 7.68. The number of hydrogen-bond acceptors (Lipinski definition) is 3. The SMILES string of the molecule is C[C@]1(Cc2cccc(C#CCCOCCCCCCBr)c2)NC(=O)NC1=O. The minimum Gasteiger partial charge on any atom is -0.380 e. The molecule has 0 radical (unpaired) electrons. The Morgan fingerprint density at radius 1 is 1.15 bits per heavy atom. The molecule has 1 saturated heterocycles. The third-order valence-electron chi connectivity index (χ3n) is 4.38. The molecular formula is C21H27BrN2O3. The van der Waals surface area contributed by atoms with E-state index in [1.807, 2.05) is 24.3 Å². The molecule has 1 aromatic rings. The molecule has 0 aromatic heterocycles. The van der Waals surface area contributed by atoms with Gasteiger partial charge in [0.15, 0.2) is 0 Å². The lowest BCUT2D eigenvalue weighted by molar-refractivity contribution is -0.123. The summed E-state index contributed by atoms with van der Waals surface area (Å²) >= 11 is 3.43. The fourth-order valence-corrected chi connectivity index (χ4v) is 3.31. The molecule has 0 unspecified atom stereocenters. The zero-order valence-corrected chi connectivity index (χ0v) is 17.4. The minimum atomic E-state index is -0.911. The van der Waals surface area contributed by atoms with Crippen LogP contribution >= 0.6 is 15.9 Å². The molecule has 1 fully saturated rings. The highest BCUT2D eigenvalue weighted by molar-refractivity contribution is 9.09. The minimum absolute atomic E-state index is 0.298. The van der Waals surface area contributed by atoms with Gasteiger partial charge in [-0.25, -0.2) is 4.79 Å². The van der Waals surface area contributed by atoms with Crippen LogP contribution in [0.15, 0.2) is 24.3 Å². The van der Waals surface area contributed by atoms with Crippen LogP contribution in [-0.4, -0.2) is 36.0 Å². The number of benzene rings is 1. The predicted octanol–water partition coefficient (Wildman–Crippen LogP) is 3.54. The Balaban J connectivity index is 1.74. The van der Waals surface area contributed by atoms with E-state index < -0.39 is 11.6 Å². The van der Waals surface area contributed by atoms with Crippen molar-refractivity contribution in [3.8, 4) is 11.8 Å². The van der Waals surface area contributed by atoms with Gasteiger partial charge in [0, 0.05) is 30.3 Å². The number of alkyl halides is 1. The quantitative estimate of drug-likeness (QED) is 0.256. The molecule has 1 heterocycles. The van der Waals surface area contributed by atoms with E-state index in [0.717, 1.165) is 29.5 Å². The van der Waals surface area contributed by atoms with Gasteiger partial charge in [0.2, 0.25) is 0 Å². The molecule has 27 heavy (non-hydrogen) atoms. The largest absolute Gasteiger partial charge is 0.380 e. The highest BCUT2D eigenvalue weighted by Gasteiger charge is 2.41. The van der Waals surface area contributed by atoms with Crippen LogP contribution in [-0.2, 0) is 16.0 Å². The van der Waals surface area contributed by atoms with Gasteiger partial charge in [0.25, 0.3) is 5.91 Å². The zero-order chi connectivity index (χ0) is 19.5. The smallest absolute Gasteiger partial charge is 0.322 e. The first kappa shape index (κ1) is 21.5. The van der Waals surface area contributed by atoms with Crippen molar-refractivity contribution in [2.45, 2.75) is 51.0 Å². The van der Waals surface area contributed by atoms with Gasteiger partial charge in [-0.2, -0.15) is 0 Å². The molecule has 6 heteroatoms. The number of rotatable bonds is 10. The topological polar surface area (TPSA) is 67.4 Å². The summed E-state index contributed by atoms with van der Waals surface area (Å²) in [4.78, 5) is 23.3. The molecule has 0 spiro atoms. The van der Waals surface area contributed by atoms with Crippen molar-refractivity contribution < 1.29 is 14.3 Å². The number of halogens is 1. The summed E-state index contributed by atoms with van der Waals surface area (Å²) in [6.07, 6.45) is 5.91. The third kappa shape index (κ3) is 7.36. The average Bonchev–Trinajstić information content (AvgIpc) is 2.88. The Hall–Kier alpha value is -1.84. The molecule has 1 aliphatic rings. The van der Waals surface area contributed by atoms with E-state index in [-0.39, 0.29) is 5.91 Å². The Kier molecular flexibility index (Phi) is 8.83. The number of imide groups is 1. The monoisotopic (exact) mass is 434 g/mol. The van der Waals surface area contributed by atoms with Crippen LogP contribution in [0, 0.1) is 11.8 Å². The summed E-state index contributed by atoms with van der Waals surface area (Å²) in [6.45, 7) is 3.17. The van der Waals surface area contributed by atoms with Crippen LogP contribution < -0.4 is 10.6 Å². The highest BCUT2D eigenvalue weighted by atomic mass is 79.9. The van der Waals surface area contributed by atoms with Crippen LogP contribution in [0.1, 0.15) is 50.2 Å². The summed E-state index contributed by atoms with van der Waals surface area (Å²) in [5.74, 6) is 5.97. The van der Waals surface area contributed by atoms with Crippen molar-refractivity contribution in [3.63, 3.8) is 0 Å². The van der Waals surface area contributed by atoms with Crippen molar-refractivity contribution in [1.82, 2.24) is 10.6 Å². The van der Waals surface area contributed by atoms with Crippen molar-refractivity contribution in [2.24, 2.45) is 0 Å². The molecular weight excluding hydrogens is 408 g/mol. The van der Waals surface area contributed by atoms with Crippen LogP contribution in [0.25, 0.3) is 0 Å². The Morgan fingerprint density at radius 2 is 1.96 bits per heavy atom. The zero-order valence-electron chi connectivity index (χ0n) is 15.8. The van der Waals surface area contributed by atoms with Gasteiger partial charge >= 0.3 is 6.03 Å². The Labute approximate surface area is 169 Å². The normalized spacial score (nSPS) is 18.6. The molecule has 0 bridgehead atoms. The Bertz CT molecular complexity index is 711. The number of unbranched alkanes of at least 4 members (excludes halogenated alkanes) is 3. The Morgan fingerprint density at radius 3 is 2.70 bits per heavy atom. The first-order valence-corrected chi connectivity index (χ1v) is 10.5. The lowest BCUT2D eigenvalue weighted by Crippen LogP contribution is -2.45. The molecule has 1 aromatic carbocycles. The van der Waals surface area contributed by atoms with Crippen molar-refractivity contribution in [1.29, 1.82) is 0 Å². The van der Waals surface area contributed by atoms with Crippen LogP contribution in [0.4, 0.5) is 4.79 Å². The summed E-state index contributed by atoms with van der Waals surface area (Å²) in [5.41, 5.74) is 0.947. The van der Waals surface area contributed by atoms with Crippen LogP contribution in [0.5, 0.6) is 0 Å². The van der Waals surface area contributed by atoms with Gasteiger partial charge in [-0.3, -0.25) is 10.1 Å². The fraction of sp³-hybridized carbons (Fsp3) is 0.524. The van der Waals surface area contributed by atoms with E-state index in [4.69, 9.17) is 4.74 Å². The van der Waals surface area contributed by atoms with E-state index in [9.17, 15) is 9.59 Å². The van der Waals surface area contributed by atoms with Gasteiger partial charge in [-0.15, -0.1) is 0 Å². The van der Waals surface area contributed by atoms with Crippen molar-refractivity contribution in [2.75, 3.05) is 18.5 Å². The van der Waals surface area contributed by atoms with Crippen LogP contribution in [0.3, 0.4) is 0 Å². The van der Waals surface area contributed by atoms with Gasteiger partial charge in [0.1, 0.15) is 5.54 Å². The first-order chi connectivity index (χ1) is 13.0. The maximum Gasteiger partial charge on any atom is 0.322 e. The van der Waals surface area contributed by atoms with E-state index in [2.05, 4.69) is 38.4 Å². The van der Waals surface area contributed by atoms with Gasteiger partial charge in [-0.05, 0) is 37.5 Å². The number of carbonyl (C=O) groups is 2. The third-order valence-corrected chi connectivity index (χ3v) is 4.94. The number of amides is 3. The first-order valence-electron chi connectivity index (χ1n) is 9.38. The van der Waals surface area contributed by atoms with Crippen LogP contribution in [0.2, 0.25) is 0 Å². The van der Waals surface area contributed by atoms with Crippen molar-refractivity contribution >= 4 is 27.9 Å². The second kappa shape index (κ2) is 11.1. The standard InChI is InChI=1S/C21H27BrN2O3/c1-21(19(25)23-20(26)24-21)16-18-11-8-10-17(15-18)9-4-7-14-27-13-6-3-2-5-12-22/h8,10-11,15H,2-3,5-7,12-14,16H2,1H3,(H2,23,24,25,26)/t21-/m1/s1. The van der Waals surface area contributed by atoms with E-state index in [0.29, 0.717) is 19.4 Å². The number of hydrogen-bond donors (Lipinski definition) is 2. The fourth-order valence-electron chi connectivity index (χ4n) is 2.91. The average molecular weight is 435 g/mol. The summed E-state index contributed by atoms with van der Waals surface area (Å²) in [5, 5.41) is 6.04. The highest BCUT2D eigenvalue weighted by Crippen LogP contribution is 2.18. The van der Waals surface area contributed by atoms with Gasteiger partial charge in [0.05, 0.1) is 6.61 Å². The molecule has 2 rings (SSSR count). The molecule has 2 N–H and O–H groups in total. The number of nitrogens with one attached hydrogen (secondary N) is 2. The van der Waals surface area contributed by atoms with E-state index in [1.165, 1.54) is 19.3 Å². The van der Waals surface area contributed by atoms with Crippen molar-refractivity contribution in [3.05, 3.63) is 35.4 Å². The molecule has 0 saturated carbocycles. The van der Waals surface area contributed by atoms with E-state index >= 15 is 0 Å². The molecule has 1 atom stereocenters. The summed E-state index contributed by atoms with van der Waals surface area (Å²) in [6, 6.07) is 7.31. The molecule has 1 aliphatic heterocycles. The van der Waals surface area contributed by atoms with E-state index in [1.54, 1.807) is 6.92 Å². The van der Waals surface area contributed by atoms with Gasteiger partial charge < -0.3 is 10.1 Å². The summed E-state index contributed by atoms with van der Waals surface area (Å²) < 4.78 is 5.60. The van der Waals surface area contributed by atoms with Gasteiger partial charge in [-0.1, -0.05) is 52.7 Å². The maximum absolute atomic E-state index is 11.9. The lowest BCUT2D eigenvalue weighted by Gasteiger charge is -2.20. The molecule has 0 aliphatic carbocycles. The molecule has 3 amide bonds. The summed E-state index contributed by atoms with van der Waals surface area (Å²) in [7, 11) is 0. The molecule has 5 nitrogen and oxygen atoms in total. The number of carbonyl (C=O) groups excluding carboxylic acids is 2. The molecule has 146 valence electrons. The number of ether oxygens (including phenoxy) is 1. The lowest BCUT2D eigenvalue weighted by atomic mass is 9.92. The number of urea groups is 1. The maximum atomic E-state index is 11.9. The second-order valence-electron chi connectivity index (χ2n) is 6.88.